The molecule has 1 aromatic heterocycles. The van der Waals surface area contributed by atoms with Crippen LogP contribution in [0.15, 0.2) is 4.42 Å². The molecular weight excluding hydrogens is 240 g/mol. The number of hydrogen-bond acceptors (Lipinski definition) is 3. The summed E-state index contributed by atoms with van der Waals surface area (Å²) in [6, 6.07) is 2.32. The lowest BCUT2D eigenvalue weighted by atomic mass is 10.1. The highest BCUT2D eigenvalue weighted by Crippen LogP contribution is 2.28. The van der Waals surface area contributed by atoms with Crippen molar-refractivity contribution in [1.29, 1.82) is 5.26 Å². The molecule has 1 heterocycles. The Hall–Kier alpha value is -1.76. The molecule has 0 spiro atoms. The van der Waals surface area contributed by atoms with Gasteiger partial charge in [-0.05, 0) is 33.6 Å². The second kappa shape index (κ2) is 5.48. The van der Waals surface area contributed by atoms with E-state index in [4.69, 9.17) is 9.68 Å². The van der Waals surface area contributed by atoms with Crippen LogP contribution in [0.2, 0.25) is 0 Å². The van der Waals surface area contributed by atoms with Gasteiger partial charge < -0.3 is 9.32 Å². The fourth-order valence-electron chi connectivity index (χ4n) is 2.91. The summed E-state index contributed by atoms with van der Waals surface area (Å²) >= 11 is 0. The fraction of sp³-hybridized carbons (Fsp3) is 0.600. The Balaban J connectivity index is 2.31. The molecule has 0 unspecified atom stereocenters. The molecule has 0 saturated heterocycles. The van der Waals surface area contributed by atoms with Crippen LogP contribution in [0.25, 0.3) is 0 Å². The second-order valence-electron chi connectivity index (χ2n) is 5.24. The van der Waals surface area contributed by atoms with E-state index in [0.29, 0.717) is 11.3 Å². The van der Waals surface area contributed by atoms with E-state index >= 15 is 0 Å². The summed E-state index contributed by atoms with van der Waals surface area (Å²) in [5, 5.41) is 8.97. The topological polar surface area (TPSA) is 57.2 Å². The monoisotopic (exact) mass is 260 g/mol. The van der Waals surface area contributed by atoms with Crippen LogP contribution in [0.4, 0.5) is 0 Å². The molecule has 0 aliphatic heterocycles. The van der Waals surface area contributed by atoms with Crippen LogP contribution in [0.1, 0.15) is 53.1 Å². The molecule has 1 saturated carbocycles. The van der Waals surface area contributed by atoms with E-state index in [1.807, 2.05) is 20.8 Å². The van der Waals surface area contributed by atoms with Crippen LogP contribution in [-0.4, -0.2) is 23.4 Å². The van der Waals surface area contributed by atoms with Crippen molar-refractivity contribution in [2.45, 2.75) is 52.5 Å². The molecule has 0 radical (unpaired) electrons. The predicted molar refractivity (Wildman–Crippen MR) is 71.8 cm³/mol. The summed E-state index contributed by atoms with van der Waals surface area (Å²) < 4.78 is 5.53. The fourth-order valence-corrected chi connectivity index (χ4v) is 2.91. The van der Waals surface area contributed by atoms with Gasteiger partial charge in [0.2, 0.25) is 0 Å². The first kappa shape index (κ1) is 13.7. The zero-order valence-electron chi connectivity index (χ0n) is 11.8. The van der Waals surface area contributed by atoms with Gasteiger partial charge in [0.25, 0.3) is 5.91 Å². The smallest absolute Gasteiger partial charge is 0.258 e. The van der Waals surface area contributed by atoms with Crippen molar-refractivity contribution in [1.82, 2.24) is 4.90 Å². The first-order chi connectivity index (χ1) is 9.06. The summed E-state index contributed by atoms with van der Waals surface area (Å²) in [4.78, 5) is 14.4. The van der Waals surface area contributed by atoms with Gasteiger partial charge in [-0.25, -0.2) is 0 Å². The van der Waals surface area contributed by atoms with Gasteiger partial charge in [-0.1, -0.05) is 12.8 Å². The van der Waals surface area contributed by atoms with Crippen molar-refractivity contribution in [2.24, 2.45) is 0 Å². The summed E-state index contributed by atoms with van der Waals surface area (Å²) in [5.41, 5.74) is 1.53. The van der Waals surface area contributed by atoms with Gasteiger partial charge in [-0.3, -0.25) is 4.79 Å². The number of nitriles is 1. The van der Waals surface area contributed by atoms with Gasteiger partial charge in [0.05, 0.1) is 11.6 Å². The molecule has 1 aromatic rings. The van der Waals surface area contributed by atoms with E-state index in [-0.39, 0.29) is 18.5 Å². The average molecular weight is 260 g/mol. The van der Waals surface area contributed by atoms with Crippen molar-refractivity contribution in [3.8, 4) is 6.07 Å². The van der Waals surface area contributed by atoms with Crippen LogP contribution in [0.3, 0.4) is 0 Å². The summed E-state index contributed by atoms with van der Waals surface area (Å²) in [5.74, 6) is 1.38. The maximum absolute atomic E-state index is 12.7. The Bertz CT molecular complexity index is 519. The van der Waals surface area contributed by atoms with E-state index in [1.165, 1.54) is 0 Å². The summed E-state index contributed by atoms with van der Waals surface area (Å²) in [7, 11) is 0. The van der Waals surface area contributed by atoms with Crippen LogP contribution in [-0.2, 0) is 0 Å². The van der Waals surface area contributed by atoms with Crippen molar-refractivity contribution >= 4 is 5.91 Å². The van der Waals surface area contributed by atoms with Crippen molar-refractivity contribution in [2.75, 3.05) is 6.54 Å². The number of furan rings is 1. The number of rotatable bonds is 3. The largest absolute Gasteiger partial charge is 0.466 e. The minimum absolute atomic E-state index is 0.0553. The summed E-state index contributed by atoms with van der Waals surface area (Å²) in [6.45, 7) is 5.74. The Morgan fingerprint density at radius 2 is 1.95 bits per heavy atom. The molecule has 0 aromatic carbocycles. The third-order valence-electron chi connectivity index (χ3n) is 4.04. The molecule has 2 rings (SSSR count). The first-order valence-corrected chi connectivity index (χ1v) is 6.80. The third kappa shape index (κ3) is 2.51. The van der Waals surface area contributed by atoms with Gasteiger partial charge in [-0.2, -0.15) is 5.26 Å². The quantitative estimate of drug-likeness (QED) is 0.784. The molecule has 102 valence electrons. The van der Waals surface area contributed by atoms with Gasteiger partial charge in [0.1, 0.15) is 18.1 Å². The molecule has 19 heavy (non-hydrogen) atoms. The highest BCUT2D eigenvalue weighted by molar-refractivity contribution is 5.97. The zero-order valence-corrected chi connectivity index (χ0v) is 11.8. The van der Waals surface area contributed by atoms with Gasteiger partial charge >= 0.3 is 0 Å². The van der Waals surface area contributed by atoms with Crippen molar-refractivity contribution in [3.05, 3.63) is 22.6 Å². The Kier molecular flexibility index (Phi) is 3.94. The summed E-state index contributed by atoms with van der Waals surface area (Å²) in [6.07, 6.45) is 4.29. The number of amides is 1. The molecule has 0 bridgehead atoms. The molecule has 4 nitrogen and oxygen atoms in total. The van der Waals surface area contributed by atoms with Gasteiger partial charge in [0.15, 0.2) is 0 Å². The van der Waals surface area contributed by atoms with Crippen LogP contribution >= 0.6 is 0 Å². The molecule has 4 heteroatoms. The van der Waals surface area contributed by atoms with E-state index in [1.54, 1.807) is 4.90 Å². The highest BCUT2D eigenvalue weighted by atomic mass is 16.3. The highest BCUT2D eigenvalue weighted by Gasteiger charge is 2.30. The molecular formula is C15H20N2O2. The first-order valence-electron chi connectivity index (χ1n) is 6.80. The lowest BCUT2D eigenvalue weighted by molar-refractivity contribution is 0.0707. The van der Waals surface area contributed by atoms with Crippen molar-refractivity contribution < 1.29 is 9.21 Å². The predicted octanol–water partition coefficient (Wildman–Crippen LogP) is 3.11. The average Bonchev–Trinajstić information content (AvgIpc) is 2.96. The lowest BCUT2D eigenvalue weighted by Crippen LogP contribution is -2.39. The number of carbonyl (C=O) groups excluding carboxylic acids is 1. The third-order valence-corrected chi connectivity index (χ3v) is 4.04. The van der Waals surface area contributed by atoms with E-state index < -0.39 is 0 Å². The van der Waals surface area contributed by atoms with Gasteiger partial charge in [-0.15, -0.1) is 0 Å². The van der Waals surface area contributed by atoms with Crippen molar-refractivity contribution in [3.63, 3.8) is 0 Å². The number of carbonyl (C=O) groups is 1. The standard InChI is InChI=1S/C15H20N2O2/c1-10-11(2)19-12(3)14(10)15(18)17(9-8-16)13-6-4-5-7-13/h13H,4-7,9H2,1-3H3. The molecule has 0 atom stereocenters. The zero-order chi connectivity index (χ0) is 14.0. The van der Waals surface area contributed by atoms with Crippen LogP contribution < -0.4 is 0 Å². The van der Waals surface area contributed by atoms with Crippen LogP contribution in [0.5, 0.6) is 0 Å². The number of aryl methyl sites for hydroxylation is 2. The number of nitrogens with zero attached hydrogens (tertiary/aromatic N) is 2. The molecule has 1 fully saturated rings. The van der Waals surface area contributed by atoms with E-state index in [0.717, 1.165) is 37.0 Å². The molecule has 0 N–H and O–H groups in total. The molecule has 1 aliphatic carbocycles. The van der Waals surface area contributed by atoms with E-state index in [9.17, 15) is 4.79 Å². The molecule has 1 amide bonds. The normalized spacial score (nSPS) is 15.5. The molecule has 1 aliphatic rings. The SMILES string of the molecule is Cc1oc(C)c(C(=O)N(CC#N)C2CCCC2)c1C. The van der Waals surface area contributed by atoms with Gasteiger partial charge in [0, 0.05) is 11.6 Å². The van der Waals surface area contributed by atoms with Crippen LogP contribution in [0, 0.1) is 32.1 Å². The maximum Gasteiger partial charge on any atom is 0.258 e. The minimum atomic E-state index is -0.0553. The lowest BCUT2D eigenvalue weighted by Gasteiger charge is -2.26. The maximum atomic E-state index is 12.7. The minimum Gasteiger partial charge on any atom is -0.466 e. The number of hydrogen-bond donors (Lipinski definition) is 0. The van der Waals surface area contributed by atoms with E-state index in [2.05, 4.69) is 6.07 Å². The Morgan fingerprint density at radius 3 is 2.42 bits per heavy atom. The second-order valence-corrected chi connectivity index (χ2v) is 5.24. The Labute approximate surface area is 114 Å². The Morgan fingerprint density at radius 1 is 1.32 bits per heavy atom.